The van der Waals surface area contributed by atoms with Crippen molar-refractivity contribution in [2.45, 2.75) is 46.2 Å². The molecule has 0 radical (unpaired) electrons. The van der Waals surface area contributed by atoms with Gasteiger partial charge in [0, 0.05) is 30.9 Å². The minimum absolute atomic E-state index is 0.112. The highest BCUT2D eigenvalue weighted by molar-refractivity contribution is 5.99. The predicted octanol–water partition coefficient (Wildman–Crippen LogP) is 3.72. The molecule has 7 nitrogen and oxygen atoms in total. The topological polar surface area (TPSA) is 90.5 Å². The zero-order valence-electron chi connectivity index (χ0n) is 18.6. The van der Waals surface area contributed by atoms with Crippen LogP contribution in [0.3, 0.4) is 0 Å². The van der Waals surface area contributed by atoms with Crippen LogP contribution in [0.2, 0.25) is 0 Å². The number of hydrogen-bond donors (Lipinski definition) is 3. The highest BCUT2D eigenvalue weighted by Crippen LogP contribution is 2.27. The Bertz CT molecular complexity index is 991. The van der Waals surface area contributed by atoms with Gasteiger partial charge in [0.1, 0.15) is 11.9 Å². The van der Waals surface area contributed by atoms with E-state index in [0.29, 0.717) is 18.7 Å². The van der Waals surface area contributed by atoms with Crippen LogP contribution in [0.1, 0.15) is 37.8 Å². The molecule has 32 heavy (non-hydrogen) atoms. The Morgan fingerprint density at radius 2 is 1.84 bits per heavy atom. The van der Waals surface area contributed by atoms with E-state index in [0.717, 1.165) is 23.2 Å². The molecule has 2 aromatic carbocycles. The van der Waals surface area contributed by atoms with Gasteiger partial charge in [-0.25, -0.2) is 9.18 Å². The second kappa shape index (κ2) is 10.3. The summed E-state index contributed by atoms with van der Waals surface area (Å²) in [5, 5.41) is 8.24. The molecular formula is C24H29FN4O3. The maximum atomic E-state index is 13.0. The predicted molar refractivity (Wildman–Crippen MR) is 122 cm³/mol. The molecular weight excluding hydrogens is 411 g/mol. The van der Waals surface area contributed by atoms with E-state index in [4.69, 9.17) is 0 Å². The summed E-state index contributed by atoms with van der Waals surface area (Å²) in [6, 6.07) is 10.0. The number of carbonyl (C=O) groups excluding carboxylic acids is 3. The van der Waals surface area contributed by atoms with E-state index < -0.39 is 12.1 Å². The van der Waals surface area contributed by atoms with Crippen LogP contribution in [0.4, 0.5) is 20.6 Å². The molecule has 170 valence electrons. The molecule has 0 spiro atoms. The first-order valence-electron chi connectivity index (χ1n) is 10.8. The van der Waals surface area contributed by atoms with Crippen LogP contribution < -0.4 is 20.9 Å². The fraction of sp³-hybridized carbons (Fsp3) is 0.375. The lowest BCUT2D eigenvalue weighted by Gasteiger charge is -2.23. The molecule has 1 heterocycles. The third kappa shape index (κ3) is 5.84. The standard InChI is InChI=1S/C24H29FN4O3/c1-15(2)22(28-24(32)26-14-17-6-8-18(25)9-7-17)23(31)27-19-10-11-20(16(3)13-19)29-12-4-5-21(29)30/h6-11,13,15,22H,4-5,12,14H2,1-3H3,(H,27,31)(H2,26,28,32)/t22-/m1/s1. The van der Waals surface area contributed by atoms with Gasteiger partial charge in [0.05, 0.1) is 0 Å². The van der Waals surface area contributed by atoms with E-state index in [1.165, 1.54) is 12.1 Å². The van der Waals surface area contributed by atoms with Crippen LogP contribution in [0.15, 0.2) is 42.5 Å². The van der Waals surface area contributed by atoms with Crippen molar-refractivity contribution in [3.05, 3.63) is 59.4 Å². The third-order valence-corrected chi connectivity index (χ3v) is 5.43. The van der Waals surface area contributed by atoms with Crippen molar-refractivity contribution in [3.63, 3.8) is 0 Å². The fourth-order valence-corrected chi connectivity index (χ4v) is 3.67. The van der Waals surface area contributed by atoms with Gasteiger partial charge in [-0.05, 0) is 60.7 Å². The molecule has 8 heteroatoms. The molecule has 1 aliphatic rings. The van der Waals surface area contributed by atoms with E-state index in [-0.39, 0.29) is 30.1 Å². The smallest absolute Gasteiger partial charge is 0.315 e. The average molecular weight is 441 g/mol. The van der Waals surface area contributed by atoms with Gasteiger partial charge >= 0.3 is 6.03 Å². The number of halogens is 1. The minimum atomic E-state index is -0.747. The number of rotatable bonds is 7. The van der Waals surface area contributed by atoms with Crippen molar-refractivity contribution >= 4 is 29.2 Å². The molecule has 2 aromatic rings. The van der Waals surface area contributed by atoms with E-state index in [9.17, 15) is 18.8 Å². The number of carbonyl (C=O) groups is 3. The van der Waals surface area contributed by atoms with E-state index in [1.807, 2.05) is 32.9 Å². The van der Waals surface area contributed by atoms with Gasteiger partial charge < -0.3 is 20.9 Å². The maximum absolute atomic E-state index is 13.0. The van der Waals surface area contributed by atoms with Crippen LogP contribution in [-0.4, -0.2) is 30.4 Å². The summed E-state index contributed by atoms with van der Waals surface area (Å²) >= 11 is 0. The molecule has 0 aliphatic carbocycles. The van der Waals surface area contributed by atoms with Crippen LogP contribution in [0.25, 0.3) is 0 Å². The normalized spacial score (nSPS) is 14.4. The number of hydrogen-bond acceptors (Lipinski definition) is 3. The van der Waals surface area contributed by atoms with Crippen molar-refractivity contribution in [3.8, 4) is 0 Å². The summed E-state index contributed by atoms with van der Waals surface area (Å²) in [4.78, 5) is 38.9. The van der Waals surface area contributed by atoms with E-state index >= 15 is 0 Å². The highest BCUT2D eigenvalue weighted by Gasteiger charge is 2.26. The molecule has 1 saturated heterocycles. The Morgan fingerprint density at radius 1 is 1.12 bits per heavy atom. The first kappa shape index (κ1) is 23.2. The van der Waals surface area contributed by atoms with E-state index in [1.54, 1.807) is 23.1 Å². The second-order valence-corrected chi connectivity index (χ2v) is 8.31. The zero-order valence-corrected chi connectivity index (χ0v) is 18.6. The molecule has 0 aromatic heterocycles. The van der Waals surface area contributed by atoms with E-state index in [2.05, 4.69) is 16.0 Å². The molecule has 0 saturated carbocycles. The maximum Gasteiger partial charge on any atom is 0.315 e. The van der Waals surface area contributed by atoms with Crippen LogP contribution in [0.5, 0.6) is 0 Å². The Morgan fingerprint density at radius 3 is 2.44 bits per heavy atom. The number of nitrogens with one attached hydrogen (secondary N) is 3. The van der Waals surface area contributed by atoms with Crippen molar-refractivity contribution < 1.29 is 18.8 Å². The van der Waals surface area contributed by atoms with Gasteiger partial charge in [-0.15, -0.1) is 0 Å². The number of aryl methyl sites for hydroxylation is 1. The first-order chi connectivity index (χ1) is 15.2. The van der Waals surface area contributed by atoms with Crippen molar-refractivity contribution in [1.29, 1.82) is 0 Å². The van der Waals surface area contributed by atoms with Crippen LogP contribution >= 0.6 is 0 Å². The van der Waals surface area contributed by atoms with Gasteiger partial charge in [-0.1, -0.05) is 26.0 Å². The number of benzene rings is 2. The number of amides is 4. The minimum Gasteiger partial charge on any atom is -0.334 e. The largest absolute Gasteiger partial charge is 0.334 e. The van der Waals surface area contributed by atoms with Crippen molar-refractivity contribution in [2.24, 2.45) is 5.92 Å². The molecule has 1 aliphatic heterocycles. The fourth-order valence-electron chi connectivity index (χ4n) is 3.67. The Labute approximate surface area is 187 Å². The number of nitrogens with zero attached hydrogens (tertiary/aromatic N) is 1. The molecule has 1 atom stereocenters. The summed E-state index contributed by atoms with van der Waals surface area (Å²) in [7, 11) is 0. The van der Waals surface area contributed by atoms with Crippen molar-refractivity contribution in [1.82, 2.24) is 10.6 Å². The lowest BCUT2D eigenvalue weighted by molar-refractivity contribution is -0.119. The van der Waals surface area contributed by atoms with Gasteiger partial charge in [0.2, 0.25) is 11.8 Å². The molecule has 3 N–H and O–H groups in total. The SMILES string of the molecule is Cc1cc(NC(=O)[C@H](NC(=O)NCc2ccc(F)cc2)C(C)C)ccc1N1CCCC1=O. The Kier molecular flexibility index (Phi) is 7.45. The number of anilines is 2. The summed E-state index contributed by atoms with van der Waals surface area (Å²) in [5.74, 6) is -0.707. The van der Waals surface area contributed by atoms with Crippen molar-refractivity contribution in [2.75, 3.05) is 16.8 Å². The summed E-state index contributed by atoms with van der Waals surface area (Å²) < 4.78 is 13.0. The summed E-state index contributed by atoms with van der Waals surface area (Å²) in [6.07, 6.45) is 1.41. The summed E-state index contributed by atoms with van der Waals surface area (Å²) in [6.45, 7) is 6.51. The second-order valence-electron chi connectivity index (χ2n) is 8.31. The molecule has 3 rings (SSSR count). The Balaban J connectivity index is 1.59. The van der Waals surface area contributed by atoms with Gasteiger partial charge in [0.25, 0.3) is 0 Å². The monoisotopic (exact) mass is 440 g/mol. The Hall–Kier alpha value is -3.42. The van der Waals surface area contributed by atoms with Gasteiger partial charge in [-0.2, -0.15) is 0 Å². The van der Waals surface area contributed by atoms with Gasteiger partial charge in [-0.3, -0.25) is 9.59 Å². The molecule has 4 amide bonds. The lowest BCUT2D eigenvalue weighted by Crippen LogP contribution is -2.50. The molecule has 1 fully saturated rings. The van der Waals surface area contributed by atoms with Crippen LogP contribution in [0, 0.1) is 18.7 Å². The first-order valence-corrected chi connectivity index (χ1v) is 10.8. The third-order valence-electron chi connectivity index (χ3n) is 5.43. The quantitative estimate of drug-likeness (QED) is 0.613. The number of urea groups is 1. The molecule has 0 unspecified atom stereocenters. The lowest BCUT2D eigenvalue weighted by atomic mass is 10.0. The molecule has 0 bridgehead atoms. The summed E-state index contributed by atoms with van der Waals surface area (Å²) in [5.41, 5.74) is 3.09. The highest BCUT2D eigenvalue weighted by atomic mass is 19.1. The zero-order chi connectivity index (χ0) is 23.3. The average Bonchev–Trinajstić information content (AvgIpc) is 3.17. The van der Waals surface area contributed by atoms with Gasteiger partial charge in [0.15, 0.2) is 0 Å². The van der Waals surface area contributed by atoms with Crippen LogP contribution in [-0.2, 0) is 16.1 Å².